The third-order valence-electron chi connectivity index (χ3n) is 8.75. The second-order valence-electron chi connectivity index (χ2n) is 10.7. The number of Topliss-reactive ketones (excluding diaryl/α,β-unsaturated/α-hetero) is 1. The Morgan fingerprint density at radius 2 is 1.77 bits per heavy atom. The second-order valence-corrected chi connectivity index (χ2v) is 10.7. The van der Waals surface area contributed by atoms with Crippen LogP contribution in [0.3, 0.4) is 0 Å². The normalized spacial score (nSPS) is 39.0. The first-order valence-electron chi connectivity index (χ1n) is 12.7. The van der Waals surface area contributed by atoms with Gasteiger partial charge in [-0.1, -0.05) is 39.3 Å². The third-order valence-corrected chi connectivity index (χ3v) is 8.75. The molecule has 198 valence electrons. The highest BCUT2D eigenvalue weighted by atomic mass is 16.4. The summed E-state index contributed by atoms with van der Waals surface area (Å²) in [5.41, 5.74) is -1.54. The van der Waals surface area contributed by atoms with Crippen molar-refractivity contribution in [2.45, 2.75) is 78.4 Å². The van der Waals surface area contributed by atoms with Gasteiger partial charge >= 0.3 is 0 Å². The topological polar surface area (TPSA) is 144 Å². The molecule has 0 spiro atoms. The lowest BCUT2D eigenvalue weighted by atomic mass is 9.46. The molecule has 8 heteroatoms. The maximum atomic E-state index is 12.4. The van der Waals surface area contributed by atoms with Crippen molar-refractivity contribution in [2.75, 3.05) is 19.7 Å². The number of carboxylic acids is 1. The van der Waals surface area contributed by atoms with E-state index < -0.39 is 35.5 Å². The number of carbonyl (C=O) groups is 3. The molecule has 7 atom stereocenters. The number of allylic oxidation sites excluding steroid dienone is 4. The smallest absolute Gasteiger partial charge is 0.300 e. The van der Waals surface area contributed by atoms with Gasteiger partial charge in [-0.2, -0.15) is 0 Å². The minimum atomic E-state index is -1.56. The van der Waals surface area contributed by atoms with Gasteiger partial charge in [0.1, 0.15) is 12.2 Å². The summed E-state index contributed by atoms with van der Waals surface area (Å²) < 4.78 is 0. The van der Waals surface area contributed by atoms with E-state index in [0.29, 0.717) is 12.8 Å². The maximum absolute atomic E-state index is 12.4. The molecule has 3 saturated carbocycles. The summed E-state index contributed by atoms with van der Waals surface area (Å²) in [6.07, 6.45) is 7.68. The van der Waals surface area contributed by atoms with Gasteiger partial charge in [-0.25, -0.2) is 0 Å². The Hall–Kier alpha value is -1.87. The first-order chi connectivity index (χ1) is 16.3. The molecule has 0 radical (unpaired) electrons. The van der Waals surface area contributed by atoms with Gasteiger partial charge in [0, 0.05) is 23.7 Å². The number of aliphatic hydroxyl groups excluding tert-OH is 2. The van der Waals surface area contributed by atoms with E-state index in [2.05, 4.69) is 26.1 Å². The van der Waals surface area contributed by atoms with Crippen LogP contribution in [-0.2, 0) is 14.4 Å². The molecular formula is C27H43NO7. The van der Waals surface area contributed by atoms with Gasteiger partial charge in [-0.15, -0.1) is 0 Å². The Kier molecular flexibility index (Phi) is 9.61. The molecule has 4 rings (SSSR count). The number of hydrogen-bond donors (Lipinski definition) is 5. The van der Waals surface area contributed by atoms with Crippen molar-refractivity contribution in [1.29, 1.82) is 0 Å². The number of aliphatic hydroxyl groups is 3. The second kappa shape index (κ2) is 11.5. The van der Waals surface area contributed by atoms with Crippen molar-refractivity contribution < 1.29 is 34.8 Å². The van der Waals surface area contributed by atoms with Gasteiger partial charge in [0.25, 0.3) is 5.97 Å². The maximum Gasteiger partial charge on any atom is 0.300 e. The van der Waals surface area contributed by atoms with E-state index in [1.165, 1.54) is 0 Å². The van der Waals surface area contributed by atoms with E-state index in [1.54, 1.807) is 12.2 Å². The van der Waals surface area contributed by atoms with Gasteiger partial charge in [-0.05, 0) is 69.2 Å². The van der Waals surface area contributed by atoms with Gasteiger partial charge in [-0.3, -0.25) is 14.4 Å². The zero-order valence-electron chi connectivity index (χ0n) is 21.7. The van der Waals surface area contributed by atoms with Crippen molar-refractivity contribution in [2.24, 2.45) is 28.6 Å². The molecule has 0 amide bonds. The van der Waals surface area contributed by atoms with Crippen LogP contribution in [0.4, 0.5) is 0 Å². The molecule has 0 unspecified atom stereocenters. The van der Waals surface area contributed by atoms with Crippen molar-refractivity contribution >= 4 is 17.5 Å². The zero-order valence-corrected chi connectivity index (χ0v) is 21.7. The molecule has 4 aliphatic carbocycles. The summed E-state index contributed by atoms with van der Waals surface area (Å²) in [5, 5.41) is 42.2. The Morgan fingerprint density at radius 1 is 1.17 bits per heavy atom. The fourth-order valence-electron chi connectivity index (χ4n) is 7.17. The number of hydrogen-bond acceptors (Lipinski definition) is 7. The van der Waals surface area contributed by atoms with Gasteiger partial charge in [0.15, 0.2) is 11.6 Å². The molecule has 5 N–H and O–H groups in total. The number of aliphatic carboxylic acids is 1. The monoisotopic (exact) mass is 493 g/mol. The van der Waals surface area contributed by atoms with E-state index in [0.717, 1.165) is 44.8 Å². The van der Waals surface area contributed by atoms with Gasteiger partial charge < -0.3 is 25.7 Å². The summed E-state index contributed by atoms with van der Waals surface area (Å²) in [5.74, 6) is -1.06. The molecule has 0 heterocycles. The van der Waals surface area contributed by atoms with Crippen LogP contribution < -0.4 is 5.32 Å². The molecule has 35 heavy (non-hydrogen) atoms. The summed E-state index contributed by atoms with van der Waals surface area (Å²) in [6, 6.07) is 0. The van der Waals surface area contributed by atoms with Crippen LogP contribution >= 0.6 is 0 Å². The lowest BCUT2D eigenvalue weighted by molar-refractivity contribution is -0.178. The number of carbonyl (C=O) groups excluding carboxylic acids is 2. The molecule has 8 nitrogen and oxygen atoms in total. The quantitative estimate of drug-likeness (QED) is 0.401. The average molecular weight is 494 g/mol. The SMILES string of the molecule is CC(=O)O.CCNCC.C[C@]12C=CC(=O)C=C1CC[C@@H]1[C@@H]2[C@@H](O)C[C@@]2(C)[C@H]1CC[C@]2(O)C(=O)CO. The van der Waals surface area contributed by atoms with Crippen LogP contribution in [0.25, 0.3) is 0 Å². The van der Waals surface area contributed by atoms with Crippen molar-refractivity contribution in [3.05, 3.63) is 23.8 Å². The molecule has 0 aliphatic heterocycles. The Bertz CT molecular complexity index is 862. The molecule has 0 saturated heterocycles. The Labute approximate surface area is 208 Å². The van der Waals surface area contributed by atoms with E-state index in [4.69, 9.17) is 9.90 Å². The highest BCUT2D eigenvalue weighted by molar-refractivity contribution is 6.01. The summed E-state index contributed by atoms with van der Waals surface area (Å²) in [7, 11) is 0. The van der Waals surface area contributed by atoms with Crippen molar-refractivity contribution in [1.82, 2.24) is 5.32 Å². The van der Waals surface area contributed by atoms with E-state index in [-0.39, 0.29) is 29.0 Å². The molecule has 4 aliphatic rings. The standard InChI is InChI=1S/C21H28O5.C4H11N.C2H4O2/c1-19-7-5-13(23)9-12(19)3-4-14-15-6-8-21(26,17(25)11-22)20(15,2)10-16(24)18(14)19;1-3-5-4-2;1-2(3)4/h5,7,9,14-16,18,22,24,26H,3-4,6,8,10-11H2,1-2H3;5H,3-4H2,1-2H3;1H3,(H,3,4)/t14-,15-,16-,18+,19-,20-,21-;;/m0../s1. The minimum Gasteiger partial charge on any atom is -0.481 e. The number of carboxylic acid groups (broad SMARTS) is 1. The number of rotatable bonds is 4. The van der Waals surface area contributed by atoms with Crippen LogP contribution in [0.2, 0.25) is 0 Å². The lowest BCUT2D eigenvalue weighted by Crippen LogP contribution is -2.61. The van der Waals surface area contributed by atoms with Crippen LogP contribution in [0.5, 0.6) is 0 Å². The van der Waals surface area contributed by atoms with Gasteiger partial charge in [0.2, 0.25) is 0 Å². The number of nitrogens with one attached hydrogen (secondary N) is 1. The Balaban J connectivity index is 0.000000414. The lowest BCUT2D eigenvalue weighted by Gasteiger charge is -2.59. The summed E-state index contributed by atoms with van der Waals surface area (Å²) in [4.78, 5) is 33.2. The molecule has 0 aromatic rings. The molecule has 0 aromatic carbocycles. The molecule has 3 fully saturated rings. The third kappa shape index (κ3) is 5.45. The first kappa shape index (κ1) is 29.4. The first-order valence-corrected chi connectivity index (χ1v) is 12.7. The van der Waals surface area contributed by atoms with Crippen molar-refractivity contribution in [3.8, 4) is 0 Å². The van der Waals surface area contributed by atoms with E-state index >= 15 is 0 Å². The average Bonchev–Trinajstić information content (AvgIpc) is 3.05. The van der Waals surface area contributed by atoms with Crippen LogP contribution in [0.1, 0.15) is 66.7 Å². The van der Waals surface area contributed by atoms with Crippen molar-refractivity contribution in [3.63, 3.8) is 0 Å². The highest BCUT2D eigenvalue weighted by Gasteiger charge is 2.67. The fraction of sp³-hybridized carbons (Fsp3) is 0.741. The number of fused-ring (bicyclic) bond motifs is 5. The molecule has 0 aromatic heterocycles. The summed E-state index contributed by atoms with van der Waals surface area (Å²) >= 11 is 0. The Morgan fingerprint density at radius 3 is 2.29 bits per heavy atom. The molecule has 0 bridgehead atoms. The predicted molar refractivity (Wildman–Crippen MR) is 133 cm³/mol. The van der Waals surface area contributed by atoms with E-state index in [1.807, 2.05) is 13.0 Å². The fourth-order valence-corrected chi connectivity index (χ4v) is 7.17. The summed E-state index contributed by atoms with van der Waals surface area (Å²) in [6.45, 7) is 10.8. The van der Waals surface area contributed by atoms with Crippen LogP contribution in [-0.4, -0.2) is 69.4 Å². The minimum absolute atomic E-state index is 0.00912. The predicted octanol–water partition coefficient (Wildman–Crippen LogP) is 2.26. The highest BCUT2D eigenvalue weighted by Crippen LogP contribution is 2.67. The van der Waals surface area contributed by atoms with Gasteiger partial charge in [0.05, 0.1) is 6.10 Å². The largest absolute Gasteiger partial charge is 0.481 e. The molecular weight excluding hydrogens is 450 g/mol. The van der Waals surface area contributed by atoms with E-state index in [9.17, 15) is 24.9 Å². The van der Waals surface area contributed by atoms with Crippen LogP contribution in [0.15, 0.2) is 23.8 Å². The number of ketones is 2. The zero-order chi connectivity index (χ0) is 26.6. The van der Waals surface area contributed by atoms with Crippen LogP contribution in [0, 0.1) is 28.6 Å².